The van der Waals surface area contributed by atoms with Gasteiger partial charge in [-0.25, -0.2) is 22.8 Å². The molecule has 178 valence electrons. The van der Waals surface area contributed by atoms with Gasteiger partial charge in [-0.1, -0.05) is 32.4 Å². The first-order chi connectivity index (χ1) is 15.9. The number of aliphatic hydroxyl groups is 1. The Morgan fingerprint density at radius 3 is 2.52 bits per heavy atom. The number of hydrogen-bond donors (Lipinski definition) is 3. The average molecular weight is 473 g/mol. The molecule has 0 amide bonds. The second-order valence-electron chi connectivity index (χ2n) is 8.49. The summed E-state index contributed by atoms with van der Waals surface area (Å²) in [6.45, 7) is 5.03. The van der Waals surface area contributed by atoms with Crippen molar-refractivity contribution in [2.24, 2.45) is 0 Å². The predicted octanol–water partition coefficient (Wildman–Crippen LogP) is 3.48. The third kappa shape index (κ3) is 5.18. The quantitative estimate of drug-likeness (QED) is 0.408. The van der Waals surface area contributed by atoms with Crippen LogP contribution in [0.3, 0.4) is 0 Å². The maximum absolute atomic E-state index is 12.3. The predicted molar refractivity (Wildman–Crippen MR) is 129 cm³/mol. The SMILES string of the molecule is CCCCNc1ncc2c(-c3ccc(S(=O)(=O)NCC)cc3)nn(C3CCC(O)CC3)c2n1. The van der Waals surface area contributed by atoms with Crippen molar-refractivity contribution >= 4 is 27.0 Å². The van der Waals surface area contributed by atoms with Gasteiger partial charge in [0, 0.05) is 24.8 Å². The van der Waals surface area contributed by atoms with Gasteiger partial charge in [-0.05, 0) is 44.2 Å². The highest BCUT2D eigenvalue weighted by Gasteiger charge is 2.26. The normalized spacial score (nSPS) is 19.1. The minimum absolute atomic E-state index is 0.149. The molecule has 2 aromatic heterocycles. The fraction of sp³-hybridized carbons (Fsp3) is 0.522. The summed E-state index contributed by atoms with van der Waals surface area (Å²) in [5, 5.41) is 19.0. The average Bonchev–Trinajstić information content (AvgIpc) is 3.19. The van der Waals surface area contributed by atoms with E-state index in [2.05, 4.69) is 21.9 Å². The second kappa shape index (κ2) is 10.1. The number of rotatable bonds is 9. The topological polar surface area (TPSA) is 122 Å². The van der Waals surface area contributed by atoms with Crippen molar-refractivity contribution in [3.63, 3.8) is 0 Å². The van der Waals surface area contributed by atoms with Crippen LogP contribution in [-0.4, -0.2) is 52.5 Å². The van der Waals surface area contributed by atoms with Gasteiger partial charge in [0.15, 0.2) is 5.65 Å². The van der Waals surface area contributed by atoms with Crippen LogP contribution in [0.4, 0.5) is 5.95 Å². The van der Waals surface area contributed by atoms with E-state index in [1.54, 1.807) is 37.4 Å². The van der Waals surface area contributed by atoms with Gasteiger partial charge >= 0.3 is 0 Å². The molecule has 33 heavy (non-hydrogen) atoms. The summed E-state index contributed by atoms with van der Waals surface area (Å²) < 4.78 is 29.1. The molecule has 1 aliphatic rings. The van der Waals surface area contributed by atoms with Gasteiger partial charge in [0.25, 0.3) is 0 Å². The van der Waals surface area contributed by atoms with E-state index >= 15 is 0 Å². The highest BCUT2D eigenvalue weighted by atomic mass is 32.2. The molecule has 0 atom stereocenters. The van der Waals surface area contributed by atoms with E-state index in [9.17, 15) is 13.5 Å². The first-order valence-electron chi connectivity index (χ1n) is 11.7. The number of sulfonamides is 1. The Labute approximate surface area is 194 Å². The highest BCUT2D eigenvalue weighted by Crippen LogP contribution is 2.34. The van der Waals surface area contributed by atoms with E-state index in [1.165, 1.54) is 0 Å². The lowest BCUT2D eigenvalue weighted by Crippen LogP contribution is -2.23. The first kappa shape index (κ1) is 23.6. The molecule has 0 radical (unpaired) electrons. The van der Waals surface area contributed by atoms with Gasteiger partial charge in [-0.3, -0.25) is 0 Å². The summed E-state index contributed by atoms with van der Waals surface area (Å²) >= 11 is 0. The van der Waals surface area contributed by atoms with Crippen LogP contribution >= 0.6 is 0 Å². The summed E-state index contributed by atoms with van der Waals surface area (Å²) in [6.07, 6.45) is 6.80. The number of nitrogens with zero attached hydrogens (tertiary/aromatic N) is 4. The lowest BCUT2D eigenvalue weighted by Gasteiger charge is -2.25. The number of aliphatic hydroxyl groups excluding tert-OH is 1. The van der Waals surface area contributed by atoms with Crippen molar-refractivity contribution < 1.29 is 13.5 Å². The fourth-order valence-corrected chi connectivity index (χ4v) is 5.26. The van der Waals surface area contributed by atoms with Crippen molar-refractivity contribution in [1.29, 1.82) is 0 Å². The molecule has 0 saturated heterocycles. The van der Waals surface area contributed by atoms with Crippen LogP contribution in [0, 0.1) is 0 Å². The van der Waals surface area contributed by atoms with Crippen LogP contribution in [0.25, 0.3) is 22.3 Å². The summed E-state index contributed by atoms with van der Waals surface area (Å²) in [5.41, 5.74) is 2.29. The summed E-state index contributed by atoms with van der Waals surface area (Å²) in [5.74, 6) is 0.576. The van der Waals surface area contributed by atoms with Gasteiger partial charge in [0.05, 0.1) is 22.4 Å². The number of nitrogens with one attached hydrogen (secondary N) is 2. The Hall–Kier alpha value is -2.56. The molecule has 0 bridgehead atoms. The molecule has 0 unspecified atom stereocenters. The lowest BCUT2D eigenvalue weighted by atomic mass is 9.93. The number of anilines is 1. The zero-order valence-electron chi connectivity index (χ0n) is 19.2. The molecular formula is C23H32N6O3S. The van der Waals surface area contributed by atoms with Crippen LogP contribution in [0.5, 0.6) is 0 Å². The molecule has 0 spiro atoms. The zero-order chi connectivity index (χ0) is 23.4. The van der Waals surface area contributed by atoms with E-state index in [0.717, 1.165) is 67.4 Å². The number of unbranched alkanes of at least 4 members (excludes halogenated alkanes) is 1. The molecule has 10 heteroatoms. The van der Waals surface area contributed by atoms with Gasteiger partial charge in [-0.15, -0.1) is 0 Å². The summed E-state index contributed by atoms with van der Waals surface area (Å²) in [4.78, 5) is 9.49. The Kier molecular flexibility index (Phi) is 7.26. The minimum Gasteiger partial charge on any atom is -0.393 e. The van der Waals surface area contributed by atoms with Crippen molar-refractivity contribution in [2.75, 3.05) is 18.4 Å². The lowest BCUT2D eigenvalue weighted by molar-refractivity contribution is 0.109. The molecule has 1 aromatic carbocycles. The van der Waals surface area contributed by atoms with E-state index in [-0.39, 0.29) is 17.0 Å². The Morgan fingerprint density at radius 2 is 1.85 bits per heavy atom. The van der Waals surface area contributed by atoms with E-state index in [0.29, 0.717) is 12.5 Å². The molecule has 0 aliphatic heterocycles. The summed E-state index contributed by atoms with van der Waals surface area (Å²) in [7, 11) is -3.52. The number of benzene rings is 1. The van der Waals surface area contributed by atoms with E-state index in [4.69, 9.17) is 10.1 Å². The largest absolute Gasteiger partial charge is 0.393 e. The zero-order valence-corrected chi connectivity index (χ0v) is 20.0. The number of aromatic nitrogens is 4. The molecule has 9 nitrogen and oxygen atoms in total. The van der Waals surface area contributed by atoms with Crippen molar-refractivity contribution in [2.45, 2.75) is 69.4 Å². The van der Waals surface area contributed by atoms with Gasteiger partial charge < -0.3 is 10.4 Å². The van der Waals surface area contributed by atoms with Crippen molar-refractivity contribution in [3.05, 3.63) is 30.5 Å². The second-order valence-corrected chi connectivity index (χ2v) is 10.3. The van der Waals surface area contributed by atoms with Gasteiger partial charge in [-0.2, -0.15) is 10.1 Å². The smallest absolute Gasteiger partial charge is 0.240 e. The van der Waals surface area contributed by atoms with Crippen LogP contribution in [0.2, 0.25) is 0 Å². The molecule has 2 heterocycles. The van der Waals surface area contributed by atoms with Gasteiger partial charge in [0.1, 0.15) is 5.69 Å². The molecular weight excluding hydrogens is 440 g/mol. The number of hydrogen-bond acceptors (Lipinski definition) is 7. The molecule has 1 aliphatic carbocycles. The molecule has 3 N–H and O–H groups in total. The Balaban J connectivity index is 1.73. The maximum atomic E-state index is 12.3. The molecule has 4 rings (SSSR count). The maximum Gasteiger partial charge on any atom is 0.240 e. The first-order valence-corrected chi connectivity index (χ1v) is 13.2. The van der Waals surface area contributed by atoms with Crippen molar-refractivity contribution in [1.82, 2.24) is 24.5 Å². The van der Waals surface area contributed by atoms with Crippen LogP contribution < -0.4 is 10.0 Å². The van der Waals surface area contributed by atoms with Gasteiger partial charge in [0.2, 0.25) is 16.0 Å². The minimum atomic E-state index is -3.52. The fourth-order valence-electron chi connectivity index (χ4n) is 4.22. The van der Waals surface area contributed by atoms with E-state index in [1.807, 2.05) is 4.68 Å². The Bertz CT molecular complexity index is 1180. The molecule has 3 aromatic rings. The third-order valence-electron chi connectivity index (χ3n) is 6.05. The summed E-state index contributed by atoms with van der Waals surface area (Å²) in [6, 6.07) is 6.88. The molecule has 1 saturated carbocycles. The van der Waals surface area contributed by atoms with E-state index < -0.39 is 10.0 Å². The standard InChI is InChI=1S/C23H32N6O3S/c1-3-5-14-24-23-25-15-20-21(16-6-12-19(13-7-16)33(31,32)26-4-2)28-29(22(20)27-23)17-8-10-18(30)11-9-17/h6-7,12-13,15,17-18,26,30H,3-5,8-11,14H2,1-2H3,(H,24,25,27). The molecule has 1 fully saturated rings. The van der Waals surface area contributed by atoms with Crippen LogP contribution in [0.15, 0.2) is 35.4 Å². The van der Waals surface area contributed by atoms with Crippen LogP contribution in [0.1, 0.15) is 58.4 Å². The third-order valence-corrected chi connectivity index (χ3v) is 7.61. The highest BCUT2D eigenvalue weighted by molar-refractivity contribution is 7.89. The number of fused-ring (bicyclic) bond motifs is 1. The van der Waals surface area contributed by atoms with Crippen LogP contribution in [-0.2, 0) is 10.0 Å². The monoisotopic (exact) mass is 472 g/mol. The Morgan fingerprint density at radius 1 is 1.12 bits per heavy atom. The van der Waals surface area contributed by atoms with Crippen molar-refractivity contribution in [3.8, 4) is 11.3 Å².